The normalized spacial score (nSPS) is 15.6. The van der Waals surface area contributed by atoms with Crippen LogP contribution in [0.3, 0.4) is 0 Å². The summed E-state index contributed by atoms with van der Waals surface area (Å²) in [5, 5.41) is 16.3. The van der Waals surface area contributed by atoms with Crippen LogP contribution >= 0.6 is 11.3 Å². The molecule has 192 valence electrons. The average molecular weight is 512 g/mol. The molecule has 36 heavy (non-hydrogen) atoms. The third-order valence-electron chi connectivity index (χ3n) is 6.51. The molecule has 1 aromatic heterocycles. The lowest BCUT2D eigenvalue weighted by atomic mass is 10.0. The number of fused-ring (bicyclic) bond motifs is 1. The van der Waals surface area contributed by atoms with Gasteiger partial charge in [0.15, 0.2) is 0 Å². The molecule has 2 aromatic rings. The number of urea groups is 1. The van der Waals surface area contributed by atoms with Crippen molar-refractivity contribution in [1.29, 1.82) is 5.26 Å². The van der Waals surface area contributed by atoms with E-state index in [1.165, 1.54) is 11.3 Å². The Hall–Kier alpha value is -3.13. The summed E-state index contributed by atoms with van der Waals surface area (Å²) in [6.45, 7) is 6.02. The maximum absolute atomic E-state index is 12.7. The zero-order chi connectivity index (χ0) is 25.3. The third kappa shape index (κ3) is 6.75. The van der Waals surface area contributed by atoms with Crippen LogP contribution in [0.25, 0.3) is 0 Å². The van der Waals surface area contributed by atoms with Gasteiger partial charge in [-0.25, -0.2) is 4.79 Å². The van der Waals surface area contributed by atoms with Crippen LogP contribution in [-0.2, 0) is 28.9 Å². The van der Waals surface area contributed by atoms with Crippen molar-refractivity contribution in [2.75, 3.05) is 58.4 Å². The molecule has 2 aliphatic rings. The van der Waals surface area contributed by atoms with E-state index in [1.54, 1.807) is 12.0 Å². The zero-order valence-electron chi connectivity index (χ0n) is 20.7. The number of thiophene rings is 1. The monoisotopic (exact) mass is 511 g/mol. The number of morpholine rings is 1. The number of nitrogens with zero attached hydrogens (tertiary/aromatic N) is 3. The molecule has 1 saturated heterocycles. The van der Waals surface area contributed by atoms with Crippen LogP contribution in [0.15, 0.2) is 24.3 Å². The van der Waals surface area contributed by atoms with E-state index in [9.17, 15) is 14.9 Å². The van der Waals surface area contributed by atoms with Gasteiger partial charge in [-0.1, -0.05) is 12.1 Å². The Morgan fingerprint density at radius 3 is 2.86 bits per heavy atom. The summed E-state index contributed by atoms with van der Waals surface area (Å²) in [4.78, 5) is 30.4. The van der Waals surface area contributed by atoms with Gasteiger partial charge >= 0.3 is 6.03 Å². The van der Waals surface area contributed by atoms with E-state index < -0.39 is 0 Å². The maximum Gasteiger partial charge on any atom is 0.317 e. The molecule has 2 aliphatic heterocycles. The number of anilines is 1. The van der Waals surface area contributed by atoms with E-state index in [2.05, 4.69) is 21.6 Å². The number of rotatable bonds is 9. The van der Waals surface area contributed by atoms with E-state index in [4.69, 9.17) is 9.47 Å². The van der Waals surface area contributed by atoms with Gasteiger partial charge in [-0.3, -0.25) is 9.69 Å². The first-order valence-electron chi connectivity index (χ1n) is 12.4. The van der Waals surface area contributed by atoms with E-state index in [1.807, 2.05) is 24.3 Å². The van der Waals surface area contributed by atoms with Crippen LogP contribution in [0, 0.1) is 11.3 Å². The van der Waals surface area contributed by atoms with Crippen molar-refractivity contribution in [3.8, 4) is 11.8 Å². The minimum absolute atomic E-state index is 0.0848. The van der Waals surface area contributed by atoms with Gasteiger partial charge in [-0.05, 0) is 49.1 Å². The molecule has 9 nitrogen and oxygen atoms in total. The second-order valence-corrected chi connectivity index (χ2v) is 10.0. The Labute approximate surface area is 216 Å². The Bertz CT molecular complexity index is 1110. The fourth-order valence-corrected chi connectivity index (χ4v) is 5.72. The lowest BCUT2D eigenvalue weighted by Crippen LogP contribution is -2.43. The maximum atomic E-state index is 12.7. The molecule has 0 atom stereocenters. The second-order valence-electron chi connectivity index (χ2n) is 8.93. The average Bonchev–Trinajstić information content (AvgIpc) is 3.26. The molecule has 0 saturated carbocycles. The highest BCUT2D eigenvalue weighted by Gasteiger charge is 2.27. The van der Waals surface area contributed by atoms with Gasteiger partial charge in [0.1, 0.15) is 16.8 Å². The highest BCUT2D eigenvalue weighted by molar-refractivity contribution is 7.16. The number of hydrogen-bond acceptors (Lipinski definition) is 7. The molecular weight excluding hydrogens is 478 g/mol. The van der Waals surface area contributed by atoms with Gasteiger partial charge in [0, 0.05) is 37.5 Å². The number of nitriles is 1. The van der Waals surface area contributed by atoms with E-state index in [-0.39, 0.29) is 11.9 Å². The Morgan fingerprint density at radius 2 is 2.08 bits per heavy atom. The molecule has 0 unspecified atom stereocenters. The molecular formula is C26H33N5O4S. The topological polar surface area (TPSA) is 107 Å². The fraction of sp³-hybridized carbons (Fsp3) is 0.500. The van der Waals surface area contributed by atoms with Crippen molar-refractivity contribution in [3.05, 3.63) is 45.8 Å². The number of aryl methyl sites for hydroxylation is 1. The number of hydrogen-bond donors (Lipinski definition) is 2. The number of methoxy groups -OCH3 is 1. The Kier molecular flexibility index (Phi) is 9.17. The number of carbonyl (C=O) groups excluding carboxylic acids is 2. The molecule has 3 amide bonds. The fourth-order valence-electron chi connectivity index (χ4n) is 4.49. The predicted molar refractivity (Wildman–Crippen MR) is 138 cm³/mol. The predicted octanol–water partition coefficient (Wildman–Crippen LogP) is 2.99. The number of ether oxygens (including phenoxy) is 2. The summed E-state index contributed by atoms with van der Waals surface area (Å²) in [5.74, 6) is 0.624. The summed E-state index contributed by atoms with van der Waals surface area (Å²) < 4.78 is 10.6. The molecule has 0 spiro atoms. The van der Waals surface area contributed by atoms with E-state index in [0.717, 1.165) is 61.0 Å². The number of benzene rings is 1. The first kappa shape index (κ1) is 25.9. The van der Waals surface area contributed by atoms with Crippen LogP contribution in [0.5, 0.6) is 5.75 Å². The molecule has 1 fully saturated rings. The van der Waals surface area contributed by atoms with Crippen molar-refractivity contribution < 1.29 is 19.1 Å². The smallest absolute Gasteiger partial charge is 0.317 e. The second kappa shape index (κ2) is 12.7. The standard InChI is InChI=1S/C26H33N5O4S/c1-34-20-5-2-4-19(16-20)6-7-24(32)29-25-22(17-27)21-8-11-31(18-23(21)36-25)26(33)28-9-3-10-30-12-14-35-15-13-30/h2,4-5,16H,3,6-15,18H2,1H3,(H,28,33)(H,29,32). The molecule has 0 aliphatic carbocycles. The first-order chi connectivity index (χ1) is 17.6. The van der Waals surface area contributed by atoms with Gasteiger partial charge in [0.2, 0.25) is 5.91 Å². The largest absolute Gasteiger partial charge is 0.497 e. The minimum atomic E-state index is -0.136. The lowest BCUT2D eigenvalue weighted by molar-refractivity contribution is -0.116. The third-order valence-corrected chi connectivity index (χ3v) is 7.65. The number of carbonyl (C=O) groups is 2. The van der Waals surface area contributed by atoms with E-state index >= 15 is 0 Å². The lowest BCUT2D eigenvalue weighted by Gasteiger charge is -2.28. The van der Waals surface area contributed by atoms with Gasteiger partial charge in [0.05, 0.1) is 32.4 Å². The van der Waals surface area contributed by atoms with Crippen LogP contribution in [0.2, 0.25) is 0 Å². The quantitative estimate of drug-likeness (QED) is 0.502. The molecule has 0 radical (unpaired) electrons. The van der Waals surface area contributed by atoms with Gasteiger partial charge in [0.25, 0.3) is 0 Å². The van der Waals surface area contributed by atoms with Crippen LogP contribution < -0.4 is 15.4 Å². The highest BCUT2D eigenvalue weighted by Crippen LogP contribution is 2.36. The molecule has 10 heteroatoms. The molecule has 0 bridgehead atoms. The van der Waals surface area contributed by atoms with E-state index in [0.29, 0.717) is 49.5 Å². The Morgan fingerprint density at radius 1 is 1.25 bits per heavy atom. The van der Waals surface area contributed by atoms with Gasteiger partial charge in [-0.2, -0.15) is 5.26 Å². The van der Waals surface area contributed by atoms with Crippen molar-refractivity contribution in [2.24, 2.45) is 0 Å². The van der Waals surface area contributed by atoms with Gasteiger partial charge < -0.3 is 25.0 Å². The molecule has 4 rings (SSSR count). The van der Waals surface area contributed by atoms with Crippen molar-refractivity contribution >= 4 is 28.3 Å². The summed E-state index contributed by atoms with van der Waals surface area (Å²) in [6.07, 6.45) is 2.39. The van der Waals surface area contributed by atoms with Crippen molar-refractivity contribution in [1.82, 2.24) is 15.1 Å². The molecule has 3 heterocycles. The first-order valence-corrected chi connectivity index (χ1v) is 13.2. The summed E-state index contributed by atoms with van der Waals surface area (Å²) in [7, 11) is 1.62. The van der Waals surface area contributed by atoms with Gasteiger partial charge in [-0.15, -0.1) is 11.3 Å². The SMILES string of the molecule is COc1cccc(CCC(=O)Nc2sc3c(c2C#N)CCN(C(=O)NCCCN2CCOCC2)C3)c1. The van der Waals surface area contributed by atoms with Crippen LogP contribution in [-0.4, -0.2) is 74.8 Å². The summed E-state index contributed by atoms with van der Waals surface area (Å²) >= 11 is 1.40. The van der Waals surface area contributed by atoms with Crippen LogP contribution in [0.1, 0.15) is 34.4 Å². The molecule has 1 aromatic carbocycles. The summed E-state index contributed by atoms with van der Waals surface area (Å²) in [5.41, 5.74) is 2.49. The number of amides is 3. The van der Waals surface area contributed by atoms with Crippen molar-refractivity contribution in [3.63, 3.8) is 0 Å². The Balaban J connectivity index is 1.27. The molecule has 2 N–H and O–H groups in total. The summed E-state index contributed by atoms with van der Waals surface area (Å²) in [6, 6.07) is 9.83. The van der Waals surface area contributed by atoms with Crippen molar-refractivity contribution in [2.45, 2.75) is 32.2 Å². The number of nitrogens with one attached hydrogen (secondary N) is 2. The van der Waals surface area contributed by atoms with Crippen LogP contribution in [0.4, 0.5) is 9.80 Å². The zero-order valence-corrected chi connectivity index (χ0v) is 21.5. The minimum Gasteiger partial charge on any atom is -0.497 e. The highest BCUT2D eigenvalue weighted by atomic mass is 32.1.